The Morgan fingerprint density at radius 3 is 3.00 bits per heavy atom. The third-order valence-electron chi connectivity index (χ3n) is 2.13. The van der Waals surface area contributed by atoms with Gasteiger partial charge in [-0.2, -0.15) is 4.72 Å². The molecule has 0 saturated carbocycles. The van der Waals surface area contributed by atoms with Crippen molar-refractivity contribution in [1.29, 1.82) is 0 Å². The van der Waals surface area contributed by atoms with E-state index < -0.39 is 10.0 Å². The molecule has 2 rings (SSSR count). The lowest BCUT2D eigenvalue weighted by Crippen LogP contribution is -2.41. The largest absolute Gasteiger partial charge is 0.358 e. The van der Waals surface area contributed by atoms with Crippen LogP contribution in [0.2, 0.25) is 0 Å². The van der Waals surface area contributed by atoms with Crippen molar-refractivity contribution in [1.82, 2.24) is 9.71 Å². The Labute approximate surface area is 82.8 Å². The van der Waals surface area contributed by atoms with Crippen LogP contribution in [0.5, 0.6) is 0 Å². The smallest absolute Gasteiger partial charge is 0.261 e. The van der Waals surface area contributed by atoms with Crippen molar-refractivity contribution in [3.05, 3.63) is 17.8 Å². The summed E-state index contributed by atoms with van der Waals surface area (Å²) in [5.41, 5.74) is 1.61. The molecule has 1 aliphatic rings. The number of rotatable bonds is 0. The molecular weight excluding hydrogens is 202 g/mol. The minimum atomic E-state index is -3.39. The molecule has 0 spiro atoms. The first-order valence-electron chi connectivity index (χ1n) is 4.18. The van der Waals surface area contributed by atoms with Crippen molar-refractivity contribution in [2.45, 2.75) is 11.9 Å². The zero-order valence-electron chi connectivity index (χ0n) is 7.98. The fourth-order valence-electron chi connectivity index (χ4n) is 1.36. The number of hydrogen-bond acceptors (Lipinski definition) is 4. The molecule has 0 saturated heterocycles. The number of nitrogens with zero attached hydrogens (tertiary/aromatic N) is 2. The lowest BCUT2D eigenvalue weighted by Gasteiger charge is -2.26. The molecule has 0 radical (unpaired) electrons. The Bertz CT molecular complexity index is 469. The van der Waals surface area contributed by atoms with Gasteiger partial charge in [-0.15, -0.1) is 0 Å². The van der Waals surface area contributed by atoms with Crippen LogP contribution in [-0.2, 0) is 10.0 Å². The van der Waals surface area contributed by atoms with Crippen molar-refractivity contribution in [2.24, 2.45) is 0 Å². The highest BCUT2D eigenvalue weighted by Crippen LogP contribution is 2.25. The molecule has 14 heavy (non-hydrogen) atoms. The predicted molar refractivity (Wildman–Crippen MR) is 52.6 cm³/mol. The second kappa shape index (κ2) is 2.93. The van der Waals surface area contributed by atoms with Crippen molar-refractivity contribution < 1.29 is 8.42 Å². The molecule has 6 heteroatoms. The average Bonchev–Trinajstić information content (AvgIpc) is 2.12. The van der Waals surface area contributed by atoms with E-state index in [1.807, 2.05) is 24.9 Å². The Balaban J connectivity index is 2.69. The molecule has 0 unspecified atom stereocenters. The van der Waals surface area contributed by atoms with Gasteiger partial charge in [-0.25, -0.2) is 13.4 Å². The second-order valence-electron chi connectivity index (χ2n) is 3.34. The minimum Gasteiger partial charge on any atom is -0.358 e. The van der Waals surface area contributed by atoms with Crippen LogP contribution in [-0.4, -0.2) is 27.1 Å². The van der Waals surface area contributed by atoms with E-state index in [1.54, 1.807) is 6.20 Å². The summed E-state index contributed by atoms with van der Waals surface area (Å²) >= 11 is 0. The van der Waals surface area contributed by atoms with Gasteiger partial charge in [0.1, 0.15) is 0 Å². The van der Waals surface area contributed by atoms with E-state index in [9.17, 15) is 8.42 Å². The van der Waals surface area contributed by atoms with Crippen LogP contribution in [0.4, 0.5) is 5.69 Å². The van der Waals surface area contributed by atoms with Gasteiger partial charge >= 0.3 is 0 Å². The molecule has 1 N–H and O–H groups in total. The van der Waals surface area contributed by atoms with Crippen molar-refractivity contribution in [2.75, 3.05) is 18.6 Å². The van der Waals surface area contributed by atoms with Gasteiger partial charge in [-0.3, -0.25) is 0 Å². The van der Waals surface area contributed by atoms with Crippen LogP contribution in [0.25, 0.3) is 0 Å². The van der Waals surface area contributed by atoms with Gasteiger partial charge in [0.05, 0.1) is 12.4 Å². The summed E-state index contributed by atoms with van der Waals surface area (Å²) in [6.07, 6.45) is 1.55. The van der Waals surface area contributed by atoms with Gasteiger partial charge in [-0.05, 0) is 18.6 Å². The number of anilines is 1. The minimum absolute atomic E-state index is 0.108. The molecule has 1 aliphatic heterocycles. The SMILES string of the molecule is Cc1cnc2c(c1)N(C)CNS2(=O)=O. The maximum absolute atomic E-state index is 11.5. The Hall–Kier alpha value is -1.14. The van der Waals surface area contributed by atoms with E-state index in [-0.39, 0.29) is 5.03 Å². The van der Waals surface area contributed by atoms with E-state index in [0.717, 1.165) is 5.56 Å². The van der Waals surface area contributed by atoms with Gasteiger partial charge in [0.25, 0.3) is 10.0 Å². The van der Waals surface area contributed by atoms with Crippen molar-refractivity contribution in [3.63, 3.8) is 0 Å². The topological polar surface area (TPSA) is 62.3 Å². The lowest BCUT2D eigenvalue weighted by molar-refractivity contribution is 0.570. The Morgan fingerprint density at radius 1 is 1.57 bits per heavy atom. The molecule has 0 fully saturated rings. The average molecular weight is 213 g/mol. The summed E-state index contributed by atoms with van der Waals surface area (Å²) in [5.74, 6) is 0. The van der Waals surface area contributed by atoms with Crippen LogP contribution in [0, 0.1) is 6.92 Å². The zero-order valence-corrected chi connectivity index (χ0v) is 8.80. The Morgan fingerprint density at radius 2 is 2.29 bits per heavy atom. The van der Waals surface area contributed by atoms with E-state index in [0.29, 0.717) is 12.4 Å². The second-order valence-corrected chi connectivity index (χ2v) is 5.02. The van der Waals surface area contributed by atoms with Gasteiger partial charge < -0.3 is 4.90 Å². The molecule has 1 aromatic heterocycles. The van der Waals surface area contributed by atoms with Crippen LogP contribution in [0.15, 0.2) is 17.3 Å². The standard InChI is InChI=1S/C8H11N3O2S/c1-6-3-7-8(9-4-6)14(12,13)10-5-11(7)2/h3-4,10H,5H2,1-2H3. The first-order chi connectivity index (χ1) is 6.50. The number of nitrogens with one attached hydrogen (secondary N) is 1. The first kappa shape index (κ1) is 9.42. The highest BCUT2D eigenvalue weighted by Gasteiger charge is 2.27. The number of aryl methyl sites for hydroxylation is 1. The van der Waals surface area contributed by atoms with E-state index in [2.05, 4.69) is 9.71 Å². The highest BCUT2D eigenvalue weighted by atomic mass is 32.2. The van der Waals surface area contributed by atoms with Crippen LogP contribution in [0.3, 0.4) is 0 Å². The molecule has 5 nitrogen and oxygen atoms in total. The quantitative estimate of drug-likeness (QED) is 0.662. The number of sulfonamides is 1. The van der Waals surface area contributed by atoms with Gasteiger partial charge in [0, 0.05) is 13.2 Å². The fourth-order valence-corrected chi connectivity index (χ4v) is 2.54. The van der Waals surface area contributed by atoms with Gasteiger partial charge in [-0.1, -0.05) is 0 Å². The molecule has 2 heterocycles. The molecule has 0 aromatic carbocycles. The normalized spacial score (nSPS) is 19.1. The maximum Gasteiger partial charge on any atom is 0.261 e. The zero-order chi connectivity index (χ0) is 10.3. The lowest BCUT2D eigenvalue weighted by atomic mass is 10.3. The summed E-state index contributed by atoms with van der Waals surface area (Å²) in [7, 11) is -1.57. The summed E-state index contributed by atoms with van der Waals surface area (Å²) in [5, 5.41) is 0.108. The van der Waals surface area contributed by atoms with Crippen LogP contribution in [0.1, 0.15) is 5.56 Å². The van der Waals surface area contributed by atoms with Gasteiger partial charge in [0.2, 0.25) is 0 Å². The highest BCUT2D eigenvalue weighted by molar-refractivity contribution is 7.89. The maximum atomic E-state index is 11.5. The molecule has 0 aliphatic carbocycles. The van der Waals surface area contributed by atoms with Crippen molar-refractivity contribution >= 4 is 15.7 Å². The molecule has 0 atom stereocenters. The van der Waals surface area contributed by atoms with E-state index in [4.69, 9.17) is 0 Å². The number of aromatic nitrogens is 1. The molecule has 0 amide bonds. The number of hydrogen-bond donors (Lipinski definition) is 1. The number of pyridine rings is 1. The molecule has 76 valence electrons. The Kier molecular flexibility index (Phi) is 1.97. The van der Waals surface area contributed by atoms with Crippen LogP contribution >= 0.6 is 0 Å². The van der Waals surface area contributed by atoms with Crippen LogP contribution < -0.4 is 9.62 Å². The predicted octanol–water partition coefficient (Wildman–Crippen LogP) is 0.0756. The van der Waals surface area contributed by atoms with Crippen molar-refractivity contribution in [3.8, 4) is 0 Å². The summed E-state index contributed by atoms with van der Waals surface area (Å²) in [4.78, 5) is 5.75. The molecular formula is C8H11N3O2S. The van der Waals surface area contributed by atoms with Gasteiger partial charge in [0.15, 0.2) is 5.03 Å². The number of fused-ring (bicyclic) bond motifs is 1. The van der Waals surface area contributed by atoms with E-state index in [1.165, 1.54) is 0 Å². The third kappa shape index (κ3) is 1.36. The monoisotopic (exact) mass is 213 g/mol. The first-order valence-corrected chi connectivity index (χ1v) is 5.66. The summed E-state index contributed by atoms with van der Waals surface area (Å²) in [6.45, 7) is 2.18. The summed E-state index contributed by atoms with van der Waals surface area (Å²) < 4.78 is 25.5. The van der Waals surface area contributed by atoms with E-state index >= 15 is 0 Å². The molecule has 0 bridgehead atoms. The fraction of sp³-hybridized carbons (Fsp3) is 0.375. The third-order valence-corrected chi connectivity index (χ3v) is 3.46. The molecule has 1 aromatic rings. The summed E-state index contributed by atoms with van der Waals surface area (Å²) in [6, 6.07) is 1.82.